The van der Waals surface area contributed by atoms with E-state index in [0.29, 0.717) is 13.2 Å². The molecule has 2 nitrogen and oxygen atoms in total. The Bertz CT molecular complexity index is 444. The maximum Gasteiger partial charge on any atom is 0.161 e. The van der Waals surface area contributed by atoms with Crippen molar-refractivity contribution in [1.82, 2.24) is 0 Å². The molecule has 2 rings (SSSR count). The molecule has 0 fully saturated rings. The summed E-state index contributed by atoms with van der Waals surface area (Å²) in [6.45, 7) is 9.73. The Morgan fingerprint density at radius 1 is 1.00 bits per heavy atom. The topological polar surface area (TPSA) is 18.5 Å². The molecule has 2 heteroatoms. The van der Waals surface area contributed by atoms with Crippen molar-refractivity contribution in [1.29, 1.82) is 0 Å². The van der Waals surface area contributed by atoms with E-state index in [-0.39, 0.29) is 5.41 Å². The second-order valence-corrected chi connectivity index (χ2v) is 4.81. The van der Waals surface area contributed by atoms with Crippen molar-refractivity contribution >= 4 is 6.08 Å². The Labute approximate surface area is 103 Å². The third-order valence-electron chi connectivity index (χ3n) is 3.09. The van der Waals surface area contributed by atoms with E-state index in [0.717, 1.165) is 11.5 Å². The molecule has 0 atom stereocenters. The number of fused-ring (bicyclic) bond motifs is 1. The molecule has 1 aromatic rings. The molecule has 1 aliphatic carbocycles. The maximum atomic E-state index is 5.66. The van der Waals surface area contributed by atoms with Gasteiger partial charge in [-0.2, -0.15) is 0 Å². The van der Waals surface area contributed by atoms with E-state index in [1.165, 1.54) is 11.1 Å². The van der Waals surface area contributed by atoms with Gasteiger partial charge in [0.05, 0.1) is 13.2 Å². The Morgan fingerprint density at radius 3 is 2.18 bits per heavy atom. The Balaban J connectivity index is 2.46. The normalized spacial score (nSPS) is 15.8. The van der Waals surface area contributed by atoms with Gasteiger partial charge in [0.2, 0.25) is 0 Å². The van der Waals surface area contributed by atoms with Crippen molar-refractivity contribution in [3.8, 4) is 11.5 Å². The summed E-state index contributed by atoms with van der Waals surface area (Å²) in [7, 11) is 0. The second-order valence-electron chi connectivity index (χ2n) is 4.81. The Kier molecular flexibility index (Phi) is 3.14. The lowest BCUT2D eigenvalue weighted by Crippen LogP contribution is -2.11. The standard InChI is InChI=1S/C15H20O2/c1-5-16-13-9-11-7-8-15(3,4)12(11)10-14(13)17-6-2/h7-10H,5-6H2,1-4H3. The summed E-state index contributed by atoms with van der Waals surface area (Å²) < 4.78 is 11.3. The quantitative estimate of drug-likeness (QED) is 0.786. The smallest absolute Gasteiger partial charge is 0.161 e. The first-order valence-electron chi connectivity index (χ1n) is 6.22. The molecule has 0 aliphatic heterocycles. The number of allylic oxidation sites excluding steroid dienone is 1. The molecular formula is C15H20O2. The fraction of sp³-hybridized carbons (Fsp3) is 0.467. The van der Waals surface area contributed by atoms with Gasteiger partial charge in [0.1, 0.15) is 0 Å². The number of ether oxygens (including phenoxy) is 2. The van der Waals surface area contributed by atoms with Crippen molar-refractivity contribution in [3.05, 3.63) is 29.3 Å². The highest BCUT2D eigenvalue weighted by atomic mass is 16.5. The van der Waals surface area contributed by atoms with Crippen molar-refractivity contribution in [2.24, 2.45) is 0 Å². The fourth-order valence-electron chi connectivity index (χ4n) is 2.20. The summed E-state index contributed by atoms with van der Waals surface area (Å²) >= 11 is 0. The molecular weight excluding hydrogens is 212 g/mol. The zero-order valence-electron chi connectivity index (χ0n) is 11.0. The Hall–Kier alpha value is -1.44. The average molecular weight is 232 g/mol. The molecule has 0 unspecified atom stereocenters. The van der Waals surface area contributed by atoms with Gasteiger partial charge in [-0.15, -0.1) is 0 Å². The Morgan fingerprint density at radius 2 is 1.59 bits per heavy atom. The predicted octanol–water partition coefficient (Wildman–Crippen LogP) is 3.79. The summed E-state index contributed by atoms with van der Waals surface area (Å²) in [5.41, 5.74) is 2.64. The van der Waals surface area contributed by atoms with Crippen LogP contribution < -0.4 is 9.47 Å². The fourth-order valence-corrected chi connectivity index (χ4v) is 2.20. The average Bonchev–Trinajstić information content (AvgIpc) is 2.56. The molecule has 0 heterocycles. The number of hydrogen-bond donors (Lipinski definition) is 0. The molecule has 1 aromatic carbocycles. The third kappa shape index (κ3) is 2.17. The van der Waals surface area contributed by atoms with Gasteiger partial charge in [0.25, 0.3) is 0 Å². The molecule has 92 valence electrons. The van der Waals surface area contributed by atoms with Crippen LogP contribution >= 0.6 is 0 Å². The van der Waals surface area contributed by atoms with Crippen LogP contribution in [-0.2, 0) is 5.41 Å². The highest BCUT2D eigenvalue weighted by molar-refractivity contribution is 5.68. The van der Waals surface area contributed by atoms with Gasteiger partial charge in [0, 0.05) is 5.41 Å². The summed E-state index contributed by atoms with van der Waals surface area (Å²) in [5, 5.41) is 0. The van der Waals surface area contributed by atoms with Crippen molar-refractivity contribution in [3.63, 3.8) is 0 Å². The highest BCUT2D eigenvalue weighted by Gasteiger charge is 2.26. The molecule has 0 spiro atoms. The van der Waals surface area contributed by atoms with Gasteiger partial charge in [-0.1, -0.05) is 26.0 Å². The largest absolute Gasteiger partial charge is 0.490 e. The number of hydrogen-bond acceptors (Lipinski definition) is 2. The molecule has 0 saturated carbocycles. The second kappa shape index (κ2) is 4.44. The van der Waals surface area contributed by atoms with Crippen LogP contribution in [0.2, 0.25) is 0 Å². The predicted molar refractivity (Wildman–Crippen MR) is 70.8 cm³/mol. The van der Waals surface area contributed by atoms with Gasteiger partial charge < -0.3 is 9.47 Å². The van der Waals surface area contributed by atoms with Gasteiger partial charge >= 0.3 is 0 Å². The highest BCUT2D eigenvalue weighted by Crippen LogP contribution is 2.41. The van der Waals surface area contributed by atoms with E-state index < -0.39 is 0 Å². The van der Waals surface area contributed by atoms with Crippen LogP contribution in [0, 0.1) is 0 Å². The molecule has 0 amide bonds. The first kappa shape index (κ1) is 12.0. The van der Waals surface area contributed by atoms with Crippen molar-refractivity contribution in [2.75, 3.05) is 13.2 Å². The van der Waals surface area contributed by atoms with Gasteiger partial charge in [-0.05, 0) is 37.1 Å². The summed E-state index contributed by atoms with van der Waals surface area (Å²) in [4.78, 5) is 0. The van der Waals surface area contributed by atoms with E-state index in [4.69, 9.17) is 9.47 Å². The summed E-state index contributed by atoms with van der Waals surface area (Å²) in [5.74, 6) is 1.69. The van der Waals surface area contributed by atoms with Crippen LogP contribution in [0.1, 0.15) is 38.8 Å². The number of rotatable bonds is 4. The molecule has 0 saturated heterocycles. The van der Waals surface area contributed by atoms with Crippen molar-refractivity contribution in [2.45, 2.75) is 33.1 Å². The van der Waals surface area contributed by atoms with E-state index in [1.54, 1.807) is 0 Å². The summed E-state index contributed by atoms with van der Waals surface area (Å²) in [6, 6.07) is 4.19. The maximum absolute atomic E-state index is 5.66. The number of benzene rings is 1. The molecule has 17 heavy (non-hydrogen) atoms. The lowest BCUT2D eigenvalue weighted by molar-refractivity contribution is 0.287. The lowest BCUT2D eigenvalue weighted by Gasteiger charge is -2.20. The van der Waals surface area contributed by atoms with Gasteiger partial charge in [-0.3, -0.25) is 0 Å². The molecule has 0 radical (unpaired) electrons. The van der Waals surface area contributed by atoms with Gasteiger partial charge in [0.15, 0.2) is 11.5 Å². The van der Waals surface area contributed by atoms with E-state index in [9.17, 15) is 0 Å². The molecule has 0 bridgehead atoms. The third-order valence-corrected chi connectivity index (χ3v) is 3.09. The minimum atomic E-state index is 0.0892. The van der Waals surface area contributed by atoms with Crippen LogP contribution in [0.15, 0.2) is 18.2 Å². The SMILES string of the molecule is CCOc1cc2c(cc1OCC)C(C)(C)C=C2. The van der Waals surface area contributed by atoms with Crippen LogP contribution in [0.4, 0.5) is 0 Å². The van der Waals surface area contributed by atoms with Crippen LogP contribution in [0.25, 0.3) is 6.08 Å². The summed E-state index contributed by atoms with van der Waals surface area (Å²) in [6.07, 6.45) is 4.39. The first-order chi connectivity index (χ1) is 8.08. The van der Waals surface area contributed by atoms with Crippen LogP contribution in [0.5, 0.6) is 11.5 Å². The molecule has 1 aliphatic rings. The lowest BCUT2D eigenvalue weighted by atomic mass is 9.87. The minimum absolute atomic E-state index is 0.0892. The van der Waals surface area contributed by atoms with E-state index in [2.05, 4.69) is 38.1 Å². The molecule has 0 N–H and O–H groups in total. The van der Waals surface area contributed by atoms with E-state index >= 15 is 0 Å². The van der Waals surface area contributed by atoms with Crippen molar-refractivity contribution < 1.29 is 9.47 Å². The molecule has 0 aromatic heterocycles. The zero-order valence-corrected chi connectivity index (χ0v) is 11.0. The first-order valence-corrected chi connectivity index (χ1v) is 6.22. The minimum Gasteiger partial charge on any atom is -0.490 e. The van der Waals surface area contributed by atoms with Crippen LogP contribution in [-0.4, -0.2) is 13.2 Å². The monoisotopic (exact) mass is 232 g/mol. The van der Waals surface area contributed by atoms with E-state index in [1.807, 2.05) is 13.8 Å². The zero-order chi connectivity index (χ0) is 12.5. The van der Waals surface area contributed by atoms with Gasteiger partial charge in [-0.25, -0.2) is 0 Å². The van der Waals surface area contributed by atoms with Crippen LogP contribution in [0.3, 0.4) is 0 Å².